The molecule has 0 bridgehead atoms. The summed E-state index contributed by atoms with van der Waals surface area (Å²) in [6.45, 7) is 5.48. The zero-order valence-electron chi connectivity index (χ0n) is 16.6. The van der Waals surface area contributed by atoms with Crippen LogP contribution in [0.1, 0.15) is 22.6 Å². The molecular weight excluding hydrogens is 378 g/mol. The quantitative estimate of drug-likeness (QED) is 0.628. The van der Waals surface area contributed by atoms with Gasteiger partial charge in [0.2, 0.25) is 21.7 Å². The van der Waals surface area contributed by atoms with Gasteiger partial charge in [-0.1, -0.05) is 29.4 Å². The van der Waals surface area contributed by atoms with Crippen LogP contribution in [0, 0.1) is 20.8 Å². The Bertz CT molecular complexity index is 1110. The highest BCUT2D eigenvalue weighted by atomic mass is 32.2. The predicted molar refractivity (Wildman–Crippen MR) is 106 cm³/mol. The molecule has 0 aliphatic heterocycles. The lowest BCUT2D eigenvalue weighted by atomic mass is 10.1. The van der Waals surface area contributed by atoms with E-state index in [-0.39, 0.29) is 17.3 Å². The molecule has 0 spiro atoms. The number of aromatic nitrogens is 2. The number of benzene rings is 2. The van der Waals surface area contributed by atoms with Crippen LogP contribution in [0.5, 0.6) is 5.75 Å². The molecule has 0 atom stereocenters. The minimum Gasteiger partial charge on any atom is -0.496 e. The van der Waals surface area contributed by atoms with Gasteiger partial charge >= 0.3 is 0 Å². The summed E-state index contributed by atoms with van der Waals surface area (Å²) >= 11 is 0. The number of rotatable bonds is 6. The summed E-state index contributed by atoms with van der Waals surface area (Å²) in [4.78, 5) is 4.58. The van der Waals surface area contributed by atoms with Gasteiger partial charge in [0.15, 0.2) is 0 Å². The molecular formula is C20H23N3O4S. The lowest BCUT2D eigenvalue weighted by molar-refractivity contribution is 0.336. The Labute approximate surface area is 165 Å². The van der Waals surface area contributed by atoms with Crippen LogP contribution in [0.2, 0.25) is 0 Å². The average molecular weight is 401 g/mol. The Balaban J connectivity index is 1.86. The van der Waals surface area contributed by atoms with Crippen molar-refractivity contribution in [1.82, 2.24) is 14.4 Å². The largest absolute Gasteiger partial charge is 0.496 e. The van der Waals surface area contributed by atoms with Crippen molar-refractivity contribution in [2.75, 3.05) is 14.2 Å². The Morgan fingerprint density at radius 1 is 1.07 bits per heavy atom. The molecule has 0 aliphatic carbocycles. The molecule has 3 rings (SSSR count). The van der Waals surface area contributed by atoms with Crippen LogP contribution in [0.15, 0.2) is 45.8 Å². The summed E-state index contributed by atoms with van der Waals surface area (Å²) in [5.74, 6) is 1.32. The van der Waals surface area contributed by atoms with E-state index < -0.39 is 10.0 Å². The minimum atomic E-state index is -3.73. The standard InChI is InChI=1S/C20H23N3O4S/c1-13-8-6-7-9-16(13)20-21-19(27-22-20)12-23(4)28(24,25)18-11-14(2)17(26-5)10-15(18)3/h6-11H,12H2,1-5H3. The van der Waals surface area contributed by atoms with Crippen LogP contribution in [-0.2, 0) is 16.6 Å². The summed E-state index contributed by atoms with van der Waals surface area (Å²) in [6, 6.07) is 11.0. The van der Waals surface area contributed by atoms with Gasteiger partial charge in [-0.3, -0.25) is 0 Å². The van der Waals surface area contributed by atoms with Gasteiger partial charge in [-0.25, -0.2) is 8.42 Å². The summed E-state index contributed by atoms with van der Waals surface area (Å²) in [5.41, 5.74) is 3.23. The first-order valence-corrected chi connectivity index (χ1v) is 10.2. The van der Waals surface area contributed by atoms with E-state index >= 15 is 0 Å². The summed E-state index contributed by atoms with van der Waals surface area (Å²) in [7, 11) is -0.678. The molecule has 0 N–H and O–H groups in total. The SMILES string of the molecule is COc1cc(C)c(S(=O)(=O)N(C)Cc2nc(-c3ccccc3C)no2)cc1C. The predicted octanol–water partition coefficient (Wildman–Crippen LogP) is 3.49. The normalized spacial score (nSPS) is 11.8. The second-order valence-corrected chi connectivity index (χ2v) is 8.69. The van der Waals surface area contributed by atoms with Gasteiger partial charge in [-0.15, -0.1) is 0 Å². The maximum Gasteiger partial charge on any atom is 0.243 e. The molecule has 28 heavy (non-hydrogen) atoms. The van der Waals surface area contributed by atoms with E-state index in [2.05, 4.69) is 10.1 Å². The number of hydrogen-bond donors (Lipinski definition) is 0. The van der Waals surface area contributed by atoms with Crippen LogP contribution in [0.25, 0.3) is 11.4 Å². The van der Waals surface area contributed by atoms with E-state index in [1.807, 2.05) is 38.1 Å². The van der Waals surface area contributed by atoms with E-state index in [9.17, 15) is 8.42 Å². The fourth-order valence-corrected chi connectivity index (χ4v) is 4.36. The lowest BCUT2D eigenvalue weighted by Crippen LogP contribution is -2.27. The Hall–Kier alpha value is -2.71. The van der Waals surface area contributed by atoms with Crippen molar-refractivity contribution in [3.63, 3.8) is 0 Å². The van der Waals surface area contributed by atoms with Crippen molar-refractivity contribution < 1.29 is 17.7 Å². The average Bonchev–Trinajstić information content (AvgIpc) is 3.11. The molecule has 1 aromatic heterocycles. The minimum absolute atomic E-state index is 0.0221. The van der Waals surface area contributed by atoms with Gasteiger partial charge in [0.25, 0.3) is 0 Å². The highest BCUT2D eigenvalue weighted by Gasteiger charge is 2.26. The van der Waals surface area contributed by atoms with Crippen molar-refractivity contribution in [2.45, 2.75) is 32.2 Å². The molecule has 3 aromatic rings. The Morgan fingerprint density at radius 3 is 2.46 bits per heavy atom. The number of aryl methyl sites for hydroxylation is 3. The number of nitrogens with zero attached hydrogens (tertiary/aromatic N) is 3. The van der Waals surface area contributed by atoms with Gasteiger partial charge in [0, 0.05) is 12.6 Å². The summed E-state index contributed by atoms with van der Waals surface area (Å²) < 4.78 is 37.8. The molecule has 0 aliphatic rings. The molecule has 148 valence electrons. The van der Waals surface area contributed by atoms with Crippen LogP contribution < -0.4 is 4.74 Å². The molecule has 0 unspecified atom stereocenters. The zero-order chi connectivity index (χ0) is 20.5. The second-order valence-electron chi connectivity index (χ2n) is 6.68. The molecule has 0 amide bonds. The molecule has 0 fully saturated rings. The number of methoxy groups -OCH3 is 1. The first-order valence-electron chi connectivity index (χ1n) is 8.74. The van der Waals surface area contributed by atoms with Gasteiger partial charge in [0.05, 0.1) is 18.6 Å². The van der Waals surface area contributed by atoms with Crippen molar-refractivity contribution in [2.24, 2.45) is 0 Å². The van der Waals surface area contributed by atoms with Crippen molar-refractivity contribution in [3.8, 4) is 17.1 Å². The number of sulfonamides is 1. The third-order valence-corrected chi connectivity index (χ3v) is 6.54. The third kappa shape index (κ3) is 3.79. The smallest absolute Gasteiger partial charge is 0.243 e. The van der Waals surface area contributed by atoms with Crippen molar-refractivity contribution >= 4 is 10.0 Å². The van der Waals surface area contributed by atoms with E-state index in [4.69, 9.17) is 9.26 Å². The second kappa shape index (κ2) is 7.73. The lowest BCUT2D eigenvalue weighted by Gasteiger charge is -2.18. The Morgan fingerprint density at radius 2 is 1.79 bits per heavy atom. The van der Waals surface area contributed by atoms with Crippen LogP contribution >= 0.6 is 0 Å². The van der Waals surface area contributed by atoms with Crippen molar-refractivity contribution in [3.05, 3.63) is 59.0 Å². The molecule has 0 radical (unpaired) electrons. The molecule has 7 nitrogen and oxygen atoms in total. The fraction of sp³-hybridized carbons (Fsp3) is 0.300. The molecule has 0 saturated heterocycles. The number of hydrogen-bond acceptors (Lipinski definition) is 6. The van der Waals surface area contributed by atoms with Gasteiger partial charge in [0.1, 0.15) is 5.75 Å². The molecule has 0 saturated carbocycles. The first kappa shape index (κ1) is 20.0. The van der Waals surface area contributed by atoms with Crippen LogP contribution in [0.3, 0.4) is 0 Å². The van der Waals surface area contributed by atoms with Gasteiger partial charge in [-0.2, -0.15) is 9.29 Å². The van der Waals surface area contributed by atoms with E-state index in [1.165, 1.54) is 11.4 Å². The van der Waals surface area contributed by atoms with E-state index in [0.717, 1.165) is 16.7 Å². The van der Waals surface area contributed by atoms with Crippen LogP contribution in [-0.4, -0.2) is 37.0 Å². The maximum atomic E-state index is 13.0. The van der Waals surface area contributed by atoms with Crippen molar-refractivity contribution in [1.29, 1.82) is 0 Å². The van der Waals surface area contributed by atoms with Crippen LogP contribution in [0.4, 0.5) is 0 Å². The highest BCUT2D eigenvalue weighted by Crippen LogP contribution is 2.28. The van der Waals surface area contributed by atoms with E-state index in [0.29, 0.717) is 17.1 Å². The first-order chi connectivity index (χ1) is 13.2. The highest BCUT2D eigenvalue weighted by molar-refractivity contribution is 7.89. The summed E-state index contributed by atoms with van der Waals surface area (Å²) in [6.07, 6.45) is 0. The molecule has 8 heteroatoms. The third-order valence-electron chi connectivity index (χ3n) is 4.59. The van der Waals surface area contributed by atoms with Gasteiger partial charge < -0.3 is 9.26 Å². The summed E-state index contributed by atoms with van der Waals surface area (Å²) in [5, 5.41) is 3.99. The topological polar surface area (TPSA) is 85.5 Å². The Kier molecular flexibility index (Phi) is 5.53. The monoisotopic (exact) mass is 401 g/mol. The number of ether oxygens (including phenoxy) is 1. The van der Waals surface area contributed by atoms with Gasteiger partial charge in [-0.05, 0) is 49.6 Å². The fourth-order valence-electron chi connectivity index (χ4n) is 2.96. The van der Waals surface area contributed by atoms with E-state index in [1.54, 1.807) is 26.2 Å². The molecule has 2 aromatic carbocycles. The maximum absolute atomic E-state index is 13.0. The zero-order valence-corrected chi connectivity index (χ0v) is 17.4. The molecule has 1 heterocycles.